The van der Waals surface area contributed by atoms with E-state index in [1.165, 1.54) is 0 Å². The lowest BCUT2D eigenvalue weighted by Crippen LogP contribution is -2.45. The Kier molecular flexibility index (Phi) is 5.93. The highest BCUT2D eigenvalue weighted by Crippen LogP contribution is 2.30. The summed E-state index contributed by atoms with van der Waals surface area (Å²) in [6.07, 6.45) is 0. The van der Waals surface area contributed by atoms with Crippen LogP contribution in [0.15, 0.2) is 46.9 Å². The van der Waals surface area contributed by atoms with Crippen LogP contribution in [0.1, 0.15) is 23.6 Å². The van der Waals surface area contributed by atoms with Gasteiger partial charge in [0.15, 0.2) is 0 Å². The van der Waals surface area contributed by atoms with Gasteiger partial charge in [0, 0.05) is 10.2 Å². The predicted octanol–water partition coefficient (Wildman–Crippen LogP) is 3.18. The number of carbonyl (C=O) groups is 4. The molecule has 1 aliphatic heterocycles. The largest absolute Gasteiger partial charge is 0.325 e. The van der Waals surface area contributed by atoms with Gasteiger partial charge in [-0.2, -0.15) is 0 Å². The summed E-state index contributed by atoms with van der Waals surface area (Å²) in [5, 5.41) is 7.31. The Morgan fingerprint density at radius 2 is 1.83 bits per heavy atom. The van der Waals surface area contributed by atoms with Gasteiger partial charge in [0.1, 0.15) is 12.1 Å². The second kappa shape index (κ2) is 8.27. The maximum absolute atomic E-state index is 12.9. The zero-order chi connectivity index (χ0) is 22.1. The second-order valence-electron chi connectivity index (χ2n) is 7.26. The first-order chi connectivity index (χ1) is 14.1. The van der Waals surface area contributed by atoms with Crippen molar-refractivity contribution in [1.82, 2.24) is 15.5 Å². The normalized spacial score (nSPS) is 18.2. The zero-order valence-corrected chi connectivity index (χ0v) is 18.3. The van der Waals surface area contributed by atoms with E-state index in [2.05, 4.69) is 31.9 Å². The predicted molar refractivity (Wildman–Crippen MR) is 115 cm³/mol. The first-order valence-electron chi connectivity index (χ1n) is 9.18. The minimum absolute atomic E-state index is 0.528. The summed E-state index contributed by atoms with van der Waals surface area (Å²) in [7, 11) is 0. The summed E-state index contributed by atoms with van der Waals surface area (Å²) in [6.45, 7) is 4.85. The highest BCUT2D eigenvalue weighted by molar-refractivity contribution is 9.10. The Morgan fingerprint density at radius 1 is 1.10 bits per heavy atom. The van der Waals surface area contributed by atoms with Gasteiger partial charge >= 0.3 is 12.1 Å². The van der Waals surface area contributed by atoms with Crippen LogP contribution in [0.25, 0.3) is 0 Å². The first kappa shape index (κ1) is 21.5. The van der Waals surface area contributed by atoms with E-state index in [0.29, 0.717) is 11.3 Å². The lowest BCUT2D eigenvalue weighted by atomic mass is 9.92. The molecule has 3 rings (SSSR count). The van der Waals surface area contributed by atoms with Gasteiger partial charge in [-0.25, -0.2) is 9.59 Å². The molecule has 3 N–H and O–H groups in total. The van der Waals surface area contributed by atoms with Gasteiger partial charge in [0.2, 0.25) is 5.91 Å². The number of amides is 6. The van der Waals surface area contributed by atoms with Crippen molar-refractivity contribution in [3.63, 3.8) is 0 Å². The molecular weight excluding hydrogens is 452 g/mol. The minimum atomic E-state index is -1.30. The Morgan fingerprint density at radius 3 is 2.50 bits per heavy atom. The van der Waals surface area contributed by atoms with Gasteiger partial charge in [-0.1, -0.05) is 34.1 Å². The molecule has 2 aromatic carbocycles. The molecule has 0 saturated carbocycles. The molecule has 1 heterocycles. The third-order valence-corrected chi connectivity index (χ3v) is 5.49. The van der Waals surface area contributed by atoms with Gasteiger partial charge in [-0.05, 0) is 61.7 Å². The molecule has 0 aliphatic carbocycles. The van der Waals surface area contributed by atoms with E-state index in [9.17, 15) is 19.2 Å². The maximum atomic E-state index is 12.9. The number of hydrogen-bond acceptors (Lipinski definition) is 4. The van der Waals surface area contributed by atoms with Crippen LogP contribution < -0.4 is 16.0 Å². The summed E-state index contributed by atoms with van der Waals surface area (Å²) < 4.78 is 0.752. The fourth-order valence-corrected chi connectivity index (χ4v) is 3.53. The highest BCUT2D eigenvalue weighted by Gasteiger charge is 2.49. The Hall–Kier alpha value is -3.20. The van der Waals surface area contributed by atoms with Crippen LogP contribution in [0.3, 0.4) is 0 Å². The minimum Gasteiger partial charge on any atom is -0.319 e. The summed E-state index contributed by atoms with van der Waals surface area (Å²) in [4.78, 5) is 50.4. The number of carbonyl (C=O) groups excluding carboxylic acids is 4. The molecule has 0 radical (unpaired) electrons. The van der Waals surface area contributed by atoms with Crippen molar-refractivity contribution >= 4 is 45.5 Å². The van der Waals surface area contributed by atoms with Crippen molar-refractivity contribution < 1.29 is 19.2 Å². The number of halogens is 1. The number of rotatable bonds is 4. The van der Waals surface area contributed by atoms with Crippen molar-refractivity contribution in [2.75, 3.05) is 11.9 Å². The third kappa shape index (κ3) is 4.35. The lowest BCUT2D eigenvalue weighted by Gasteiger charge is -2.22. The SMILES string of the molecule is Cc1ccc(NC(=O)NC(=O)CN2C(=O)NC(C)(c3cccc(Br)c3)C2=O)cc1C. The van der Waals surface area contributed by atoms with Crippen molar-refractivity contribution in [2.24, 2.45) is 0 Å². The average molecular weight is 473 g/mol. The quantitative estimate of drug-likeness (QED) is 0.593. The van der Waals surface area contributed by atoms with Crippen LogP contribution in [0.4, 0.5) is 15.3 Å². The van der Waals surface area contributed by atoms with E-state index in [1.54, 1.807) is 43.3 Å². The van der Waals surface area contributed by atoms with E-state index >= 15 is 0 Å². The Balaban J connectivity index is 1.64. The molecule has 1 fully saturated rings. The zero-order valence-electron chi connectivity index (χ0n) is 16.7. The smallest absolute Gasteiger partial charge is 0.319 e. The van der Waals surface area contributed by atoms with E-state index in [4.69, 9.17) is 0 Å². The molecule has 1 saturated heterocycles. The van der Waals surface area contributed by atoms with Crippen molar-refractivity contribution in [3.8, 4) is 0 Å². The number of aryl methyl sites for hydroxylation is 2. The molecule has 8 nitrogen and oxygen atoms in total. The van der Waals surface area contributed by atoms with Gasteiger partial charge in [0.25, 0.3) is 5.91 Å². The first-order valence-corrected chi connectivity index (χ1v) is 9.97. The number of benzene rings is 2. The van der Waals surface area contributed by atoms with Crippen molar-refractivity contribution in [3.05, 3.63) is 63.6 Å². The van der Waals surface area contributed by atoms with Gasteiger partial charge in [0.05, 0.1) is 0 Å². The molecule has 0 bridgehead atoms. The number of urea groups is 2. The Labute approximate surface area is 182 Å². The van der Waals surface area contributed by atoms with Gasteiger partial charge in [-0.3, -0.25) is 19.8 Å². The second-order valence-corrected chi connectivity index (χ2v) is 8.17. The molecule has 1 aliphatic rings. The fraction of sp³-hybridized carbons (Fsp3) is 0.238. The highest BCUT2D eigenvalue weighted by atomic mass is 79.9. The maximum Gasteiger partial charge on any atom is 0.325 e. The topological polar surface area (TPSA) is 108 Å². The standard InChI is InChI=1S/C21H21BrN4O4/c1-12-7-8-16(9-13(12)2)23-19(29)24-17(27)11-26-18(28)21(3,25-20(26)30)14-5-4-6-15(22)10-14/h4-10H,11H2,1-3H3,(H,25,30)(H2,23,24,27,29). The summed E-state index contributed by atoms with van der Waals surface area (Å²) >= 11 is 3.34. The van der Waals surface area contributed by atoms with E-state index in [0.717, 1.165) is 20.5 Å². The average Bonchev–Trinajstić information content (AvgIpc) is 2.89. The Bertz CT molecular complexity index is 1060. The summed E-state index contributed by atoms with van der Waals surface area (Å²) in [5.74, 6) is -1.35. The van der Waals surface area contributed by atoms with Gasteiger partial charge in [-0.15, -0.1) is 0 Å². The number of nitrogens with one attached hydrogen (secondary N) is 3. The van der Waals surface area contributed by atoms with Crippen LogP contribution >= 0.6 is 15.9 Å². The molecular formula is C21H21BrN4O4. The van der Waals surface area contributed by atoms with Crippen LogP contribution in [-0.4, -0.2) is 35.3 Å². The van der Waals surface area contributed by atoms with Gasteiger partial charge < -0.3 is 10.6 Å². The fourth-order valence-electron chi connectivity index (χ4n) is 3.13. The molecule has 30 heavy (non-hydrogen) atoms. The van der Waals surface area contributed by atoms with Crippen molar-refractivity contribution in [2.45, 2.75) is 26.3 Å². The number of nitrogens with zero attached hydrogens (tertiary/aromatic N) is 1. The molecule has 2 aromatic rings. The van der Waals surface area contributed by atoms with Crippen LogP contribution in [0.5, 0.6) is 0 Å². The molecule has 9 heteroatoms. The van der Waals surface area contributed by atoms with Crippen molar-refractivity contribution in [1.29, 1.82) is 0 Å². The summed E-state index contributed by atoms with van der Waals surface area (Å²) in [6, 6.07) is 10.9. The molecule has 0 spiro atoms. The molecule has 156 valence electrons. The third-order valence-electron chi connectivity index (χ3n) is 5.00. The number of hydrogen-bond donors (Lipinski definition) is 3. The molecule has 0 aromatic heterocycles. The molecule has 1 atom stereocenters. The van der Waals surface area contributed by atoms with Crippen LogP contribution in [0.2, 0.25) is 0 Å². The summed E-state index contributed by atoms with van der Waals surface area (Å²) in [5.41, 5.74) is 1.86. The van der Waals surface area contributed by atoms with Crippen LogP contribution in [0, 0.1) is 13.8 Å². The van der Waals surface area contributed by atoms with E-state index in [1.807, 2.05) is 19.9 Å². The monoisotopic (exact) mass is 472 g/mol. The number of imide groups is 2. The number of anilines is 1. The van der Waals surface area contributed by atoms with Crippen LogP contribution in [-0.2, 0) is 15.1 Å². The lowest BCUT2D eigenvalue weighted by molar-refractivity contribution is -0.134. The molecule has 6 amide bonds. The van der Waals surface area contributed by atoms with E-state index < -0.39 is 36.0 Å². The van der Waals surface area contributed by atoms with E-state index in [-0.39, 0.29) is 0 Å². The molecule has 1 unspecified atom stereocenters.